The predicted molar refractivity (Wildman–Crippen MR) is 142 cm³/mol. The summed E-state index contributed by atoms with van der Waals surface area (Å²) in [5, 5.41) is 0. The lowest BCUT2D eigenvalue weighted by molar-refractivity contribution is 0.0617. The summed E-state index contributed by atoms with van der Waals surface area (Å²) in [7, 11) is 0. The Balaban J connectivity index is 1.10. The number of rotatable bonds is 6. The molecule has 3 aromatic rings. The van der Waals surface area contributed by atoms with Gasteiger partial charge in [-0.15, -0.1) is 0 Å². The Labute approximate surface area is 213 Å². The highest BCUT2D eigenvalue weighted by molar-refractivity contribution is 5.98. The summed E-state index contributed by atoms with van der Waals surface area (Å²) in [5.74, 6) is 0.0887. The Morgan fingerprint density at radius 2 is 0.806 bits per heavy atom. The molecule has 6 heteroatoms. The van der Waals surface area contributed by atoms with Gasteiger partial charge in [-0.3, -0.25) is 19.4 Å². The van der Waals surface area contributed by atoms with Crippen molar-refractivity contribution in [1.29, 1.82) is 0 Å². The number of hydrogen-bond acceptors (Lipinski definition) is 4. The van der Waals surface area contributed by atoms with Crippen LogP contribution in [0.2, 0.25) is 0 Å². The lowest BCUT2D eigenvalue weighted by Crippen LogP contribution is -2.48. The van der Waals surface area contributed by atoms with Crippen LogP contribution in [0.3, 0.4) is 0 Å². The summed E-state index contributed by atoms with van der Waals surface area (Å²) in [5.41, 5.74) is 3.90. The fourth-order valence-electron chi connectivity index (χ4n) is 5.02. The standard InChI is InChI=1S/C30H34N4O2/c35-29(33-19-15-31(16-20-33)23-25-7-3-1-4-8-25)27-11-13-28(14-12-27)30(36)34-21-17-32(18-22-34)24-26-9-5-2-6-10-26/h1-14H,15-24H2. The van der Waals surface area contributed by atoms with Gasteiger partial charge in [-0.05, 0) is 35.4 Å². The van der Waals surface area contributed by atoms with Gasteiger partial charge in [0.2, 0.25) is 0 Å². The zero-order chi connectivity index (χ0) is 24.7. The maximum absolute atomic E-state index is 13.0. The largest absolute Gasteiger partial charge is 0.336 e. The van der Waals surface area contributed by atoms with Crippen LogP contribution >= 0.6 is 0 Å². The summed E-state index contributed by atoms with van der Waals surface area (Å²) >= 11 is 0. The molecule has 2 amide bonds. The maximum Gasteiger partial charge on any atom is 0.253 e. The first kappa shape index (κ1) is 24.2. The number of benzene rings is 3. The molecule has 6 nitrogen and oxygen atoms in total. The second-order valence-electron chi connectivity index (χ2n) is 9.69. The van der Waals surface area contributed by atoms with Crippen LogP contribution in [0.1, 0.15) is 31.8 Å². The molecule has 5 rings (SSSR count). The van der Waals surface area contributed by atoms with Gasteiger partial charge in [0.1, 0.15) is 0 Å². The summed E-state index contributed by atoms with van der Waals surface area (Å²) in [6.07, 6.45) is 0. The van der Waals surface area contributed by atoms with Gasteiger partial charge in [0.25, 0.3) is 11.8 Å². The fraction of sp³-hybridized carbons (Fsp3) is 0.333. The topological polar surface area (TPSA) is 47.1 Å². The second-order valence-corrected chi connectivity index (χ2v) is 9.69. The first-order valence-corrected chi connectivity index (χ1v) is 12.9. The Kier molecular flexibility index (Phi) is 7.74. The van der Waals surface area contributed by atoms with Crippen molar-refractivity contribution in [3.05, 3.63) is 107 Å². The van der Waals surface area contributed by atoms with Crippen molar-refractivity contribution in [3.8, 4) is 0 Å². The summed E-state index contributed by atoms with van der Waals surface area (Å²) < 4.78 is 0. The van der Waals surface area contributed by atoms with E-state index in [1.165, 1.54) is 11.1 Å². The van der Waals surface area contributed by atoms with Crippen LogP contribution in [-0.4, -0.2) is 83.8 Å². The quantitative estimate of drug-likeness (QED) is 0.539. The van der Waals surface area contributed by atoms with Gasteiger partial charge in [-0.25, -0.2) is 0 Å². The van der Waals surface area contributed by atoms with Crippen LogP contribution in [0.5, 0.6) is 0 Å². The van der Waals surface area contributed by atoms with Gasteiger partial charge in [0.15, 0.2) is 0 Å². The summed E-state index contributed by atoms with van der Waals surface area (Å²) in [6, 6.07) is 28.1. The first-order chi connectivity index (χ1) is 17.7. The smallest absolute Gasteiger partial charge is 0.253 e. The van der Waals surface area contributed by atoms with E-state index < -0.39 is 0 Å². The van der Waals surface area contributed by atoms with Crippen LogP contribution in [0.4, 0.5) is 0 Å². The van der Waals surface area contributed by atoms with E-state index in [1.807, 2.05) is 21.9 Å². The molecule has 0 bridgehead atoms. The highest BCUT2D eigenvalue weighted by Gasteiger charge is 2.24. The van der Waals surface area contributed by atoms with E-state index in [2.05, 4.69) is 58.3 Å². The SMILES string of the molecule is O=C(c1ccc(C(=O)N2CCN(Cc3ccccc3)CC2)cc1)N1CCN(Cc2ccccc2)CC1. The minimum Gasteiger partial charge on any atom is -0.336 e. The number of hydrogen-bond donors (Lipinski definition) is 0. The number of nitrogens with zero attached hydrogens (tertiary/aromatic N) is 4. The van der Waals surface area contributed by atoms with Crippen molar-refractivity contribution < 1.29 is 9.59 Å². The Morgan fingerprint density at radius 1 is 0.472 bits per heavy atom. The van der Waals surface area contributed by atoms with E-state index in [9.17, 15) is 9.59 Å². The van der Waals surface area contributed by atoms with Gasteiger partial charge in [-0.2, -0.15) is 0 Å². The molecular formula is C30H34N4O2. The molecule has 0 aromatic heterocycles. The van der Waals surface area contributed by atoms with Crippen molar-refractivity contribution in [1.82, 2.24) is 19.6 Å². The van der Waals surface area contributed by atoms with Crippen molar-refractivity contribution in [2.24, 2.45) is 0 Å². The molecule has 2 aliphatic rings. The average molecular weight is 483 g/mol. The van der Waals surface area contributed by atoms with Crippen molar-refractivity contribution in [2.75, 3.05) is 52.4 Å². The van der Waals surface area contributed by atoms with Gasteiger partial charge < -0.3 is 9.80 Å². The van der Waals surface area contributed by atoms with Crippen LogP contribution in [0.25, 0.3) is 0 Å². The normalized spacial score (nSPS) is 17.2. The third-order valence-corrected chi connectivity index (χ3v) is 7.20. The molecule has 186 valence electrons. The lowest BCUT2D eigenvalue weighted by atomic mass is 10.1. The van der Waals surface area contributed by atoms with Gasteiger partial charge in [0.05, 0.1) is 0 Å². The molecule has 0 atom stereocenters. The third-order valence-electron chi connectivity index (χ3n) is 7.20. The summed E-state index contributed by atoms with van der Waals surface area (Å²) in [4.78, 5) is 34.7. The van der Waals surface area contributed by atoms with E-state index in [4.69, 9.17) is 0 Å². The highest BCUT2D eigenvalue weighted by Crippen LogP contribution is 2.15. The molecule has 0 saturated carbocycles. The van der Waals surface area contributed by atoms with Crippen LogP contribution < -0.4 is 0 Å². The molecule has 0 N–H and O–H groups in total. The fourth-order valence-corrected chi connectivity index (χ4v) is 5.02. The van der Waals surface area contributed by atoms with E-state index in [1.54, 1.807) is 24.3 Å². The van der Waals surface area contributed by atoms with Gasteiger partial charge in [0, 0.05) is 76.6 Å². The maximum atomic E-state index is 13.0. The monoisotopic (exact) mass is 482 g/mol. The second kappa shape index (κ2) is 11.5. The molecule has 2 heterocycles. The number of piperazine rings is 2. The van der Waals surface area contributed by atoms with Crippen LogP contribution in [-0.2, 0) is 13.1 Å². The minimum atomic E-state index is 0.0443. The van der Waals surface area contributed by atoms with Crippen LogP contribution in [0.15, 0.2) is 84.9 Å². The lowest BCUT2D eigenvalue weighted by Gasteiger charge is -2.35. The molecule has 2 fully saturated rings. The third kappa shape index (κ3) is 6.01. The molecule has 2 aliphatic heterocycles. The zero-order valence-electron chi connectivity index (χ0n) is 20.8. The first-order valence-electron chi connectivity index (χ1n) is 12.9. The van der Waals surface area contributed by atoms with E-state index in [0.717, 1.165) is 65.4 Å². The van der Waals surface area contributed by atoms with E-state index in [0.29, 0.717) is 11.1 Å². The Bertz CT molecular complexity index is 1040. The van der Waals surface area contributed by atoms with Crippen LogP contribution in [0, 0.1) is 0 Å². The molecule has 3 aromatic carbocycles. The average Bonchev–Trinajstić information content (AvgIpc) is 2.94. The summed E-state index contributed by atoms with van der Waals surface area (Å²) in [6.45, 7) is 8.20. The number of amides is 2. The predicted octanol–water partition coefficient (Wildman–Crippen LogP) is 3.60. The highest BCUT2D eigenvalue weighted by atomic mass is 16.2. The molecule has 0 unspecified atom stereocenters. The molecule has 36 heavy (non-hydrogen) atoms. The minimum absolute atomic E-state index is 0.0443. The number of carbonyl (C=O) groups is 2. The zero-order valence-corrected chi connectivity index (χ0v) is 20.8. The molecule has 2 saturated heterocycles. The Hall–Kier alpha value is -3.48. The molecule has 0 radical (unpaired) electrons. The number of carbonyl (C=O) groups excluding carboxylic acids is 2. The Morgan fingerprint density at radius 3 is 1.14 bits per heavy atom. The van der Waals surface area contributed by atoms with Gasteiger partial charge in [-0.1, -0.05) is 60.7 Å². The molecule has 0 spiro atoms. The van der Waals surface area contributed by atoms with E-state index in [-0.39, 0.29) is 11.8 Å². The van der Waals surface area contributed by atoms with Crippen molar-refractivity contribution in [3.63, 3.8) is 0 Å². The van der Waals surface area contributed by atoms with Crippen molar-refractivity contribution >= 4 is 11.8 Å². The van der Waals surface area contributed by atoms with Crippen molar-refractivity contribution in [2.45, 2.75) is 13.1 Å². The molecule has 0 aliphatic carbocycles. The molecular weight excluding hydrogens is 448 g/mol. The van der Waals surface area contributed by atoms with Gasteiger partial charge >= 0.3 is 0 Å². The van der Waals surface area contributed by atoms with E-state index >= 15 is 0 Å².